The highest BCUT2D eigenvalue weighted by Crippen LogP contribution is 2.12. The van der Waals surface area contributed by atoms with Gasteiger partial charge >= 0.3 is 5.97 Å². The highest BCUT2D eigenvalue weighted by atomic mass is 17.2. The number of hydrogen-bond donors (Lipinski definition) is 2. The minimum Gasteiger partial charge on any atom is -0.501 e. The lowest BCUT2D eigenvalue weighted by atomic mass is 9.97. The molecular formula is C12H24O6. The Hall–Kier alpha value is -1.11. The lowest BCUT2D eigenvalue weighted by Gasteiger charge is -2.19. The first kappa shape index (κ1) is 19.2. The van der Waals surface area contributed by atoms with Gasteiger partial charge in [0.05, 0.1) is 39.3 Å². The number of aliphatic hydroxyl groups is 1. The molecule has 2 N–H and O–H groups in total. The summed E-state index contributed by atoms with van der Waals surface area (Å²) >= 11 is 0. The van der Waals surface area contributed by atoms with Crippen molar-refractivity contribution >= 4 is 5.97 Å². The van der Waals surface area contributed by atoms with Crippen LogP contribution in [0.2, 0.25) is 0 Å². The van der Waals surface area contributed by atoms with Gasteiger partial charge in [0.25, 0.3) is 0 Å². The molecule has 0 aromatic rings. The van der Waals surface area contributed by atoms with Crippen LogP contribution in [-0.2, 0) is 19.3 Å². The number of carboxylic acid groups (broad SMARTS) is 1. The van der Waals surface area contributed by atoms with Gasteiger partial charge in [-0.15, -0.1) is 0 Å². The van der Waals surface area contributed by atoms with E-state index in [9.17, 15) is 4.79 Å². The zero-order valence-corrected chi connectivity index (χ0v) is 11.5. The second kappa shape index (κ2) is 12.3. The van der Waals surface area contributed by atoms with Crippen LogP contribution in [0, 0.1) is 5.41 Å². The van der Waals surface area contributed by atoms with Crippen LogP contribution >= 0.6 is 0 Å². The number of carboxylic acids is 1. The molecule has 0 bridgehead atoms. The van der Waals surface area contributed by atoms with Crippen LogP contribution < -0.4 is 0 Å². The van der Waals surface area contributed by atoms with Crippen molar-refractivity contribution in [3.63, 3.8) is 0 Å². The third-order valence-electron chi connectivity index (χ3n) is 1.62. The van der Waals surface area contributed by atoms with Gasteiger partial charge in [0.15, 0.2) is 0 Å². The van der Waals surface area contributed by atoms with Gasteiger partial charge in [-0.25, -0.2) is 14.6 Å². The van der Waals surface area contributed by atoms with Crippen LogP contribution in [0.3, 0.4) is 0 Å². The van der Waals surface area contributed by atoms with E-state index >= 15 is 0 Å². The summed E-state index contributed by atoms with van der Waals surface area (Å²) < 4.78 is 4.73. The van der Waals surface area contributed by atoms with Crippen molar-refractivity contribution in [2.24, 2.45) is 5.41 Å². The maximum Gasteiger partial charge on any atom is 0.331 e. The van der Waals surface area contributed by atoms with Gasteiger partial charge in [0.2, 0.25) is 0 Å². The van der Waals surface area contributed by atoms with Crippen LogP contribution in [0.25, 0.3) is 0 Å². The van der Waals surface area contributed by atoms with Crippen molar-refractivity contribution in [1.29, 1.82) is 0 Å². The fourth-order valence-corrected chi connectivity index (χ4v) is 0.556. The lowest BCUT2D eigenvalue weighted by Crippen LogP contribution is -2.23. The average molecular weight is 264 g/mol. The summed E-state index contributed by atoms with van der Waals surface area (Å²) in [6.07, 6.45) is 3.05. The Labute approximate surface area is 108 Å². The Bertz CT molecular complexity index is 225. The SMILES string of the molecule is CCCOC=CC(=O)O.COOCC(C)(C)CO. The van der Waals surface area contributed by atoms with Crippen LogP contribution in [-0.4, -0.2) is 43.1 Å². The maximum absolute atomic E-state index is 9.80. The standard InChI is InChI=1S/C6H14O3.C6H10O3/c1-6(2,4-7)5-9-8-3;1-2-4-9-5-3-6(7)8/h7H,4-5H2,1-3H3;3,5H,2,4H2,1H3,(H,7,8). The molecule has 0 saturated heterocycles. The molecule has 0 amide bonds. The molecule has 0 rings (SSSR count). The molecule has 0 aliphatic heterocycles. The first-order chi connectivity index (χ1) is 8.39. The quantitative estimate of drug-likeness (QED) is 0.228. The molecule has 0 fully saturated rings. The minimum atomic E-state index is -0.980. The van der Waals surface area contributed by atoms with Gasteiger partial charge in [-0.1, -0.05) is 20.8 Å². The predicted molar refractivity (Wildman–Crippen MR) is 66.8 cm³/mol. The third kappa shape index (κ3) is 17.3. The molecule has 0 atom stereocenters. The van der Waals surface area contributed by atoms with E-state index in [0.29, 0.717) is 13.2 Å². The van der Waals surface area contributed by atoms with Crippen molar-refractivity contribution in [3.8, 4) is 0 Å². The lowest BCUT2D eigenvalue weighted by molar-refractivity contribution is -0.289. The van der Waals surface area contributed by atoms with Crippen LogP contribution in [0.1, 0.15) is 27.2 Å². The maximum atomic E-state index is 9.80. The highest BCUT2D eigenvalue weighted by molar-refractivity contribution is 5.79. The zero-order chi connectivity index (χ0) is 14.4. The summed E-state index contributed by atoms with van der Waals surface area (Å²) in [5.41, 5.74) is -0.198. The first-order valence-electron chi connectivity index (χ1n) is 5.67. The Morgan fingerprint density at radius 2 is 2.00 bits per heavy atom. The Morgan fingerprint density at radius 1 is 1.39 bits per heavy atom. The topological polar surface area (TPSA) is 85.2 Å². The van der Waals surface area contributed by atoms with E-state index in [-0.39, 0.29) is 12.0 Å². The molecule has 0 aromatic carbocycles. The Kier molecular flexibility index (Phi) is 13.2. The second-order valence-corrected chi connectivity index (χ2v) is 4.26. The fourth-order valence-electron chi connectivity index (χ4n) is 0.556. The minimum absolute atomic E-state index is 0.107. The molecule has 0 unspecified atom stereocenters. The van der Waals surface area contributed by atoms with Gasteiger partial charge in [-0.3, -0.25) is 0 Å². The number of rotatable bonds is 8. The predicted octanol–water partition coefficient (Wildman–Crippen LogP) is 1.59. The zero-order valence-electron chi connectivity index (χ0n) is 11.5. The molecule has 0 saturated carbocycles. The number of ether oxygens (including phenoxy) is 1. The molecule has 6 nitrogen and oxygen atoms in total. The number of aliphatic carboxylic acids is 1. The van der Waals surface area contributed by atoms with Gasteiger partial charge in [0.1, 0.15) is 0 Å². The van der Waals surface area contributed by atoms with Crippen LogP contribution in [0.15, 0.2) is 12.3 Å². The molecule has 0 aliphatic rings. The highest BCUT2D eigenvalue weighted by Gasteiger charge is 2.16. The van der Waals surface area contributed by atoms with Crippen molar-refractivity contribution in [3.05, 3.63) is 12.3 Å². The van der Waals surface area contributed by atoms with Crippen molar-refractivity contribution < 1.29 is 29.5 Å². The molecule has 6 heteroatoms. The fraction of sp³-hybridized carbons (Fsp3) is 0.750. The normalized spacial score (nSPS) is 10.9. The van der Waals surface area contributed by atoms with E-state index in [1.54, 1.807) is 0 Å². The number of hydrogen-bond acceptors (Lipinski definition) is 5. The molecule has 0 spiro atoms. The summed E-state index contributed by atoms with van der Waals surface area (Å²) in [6, 6.07) is 0. The summed E-state index contributed by atoms with van der Waals surface area (Å²) in [5.74, 6) is -0.980. The Balaban J connectivity index is 0. The van der Waals surface area contributed by atoms with E-state index in [2.05, 4.69) is 9.78 Å². The van der Waals surface area contributed by atoms with Gasteiger partial charge in [-0.05, 0) is 6.42 Å². The second-order valence-electron chi connectivity index (χ2n) is 4.26. The summed E-state index contributed by atoms with van der Waals surface area (Å²) in [4.78, 5) is 18.8. The average Bonchev–Trinajstić information content (AvgIpc) is 2.33. The van der Waals surface area contributed by atoms with Crippen LogP contribution in [0.5, 0.6) is 0 Å². The van der Waals surface area contributed by atoms with Crippen LogP contribution in [0.4, 0.5) is 0 Å². The molecule has 18 heavy (non-hydrogen) atoms. The molecule has 0 aromatic heterocycles. The summed E-state index contributed by atoms with van der Waals surface area (Å²) in [7, 11) is 1.45. The third-order valence-corrected chi connectivity index (χ3v) is 1.62. The monoisotopic (exact) mass is 264 g/mol. The molecule has 0 radical (unpaired) electrons. The van der Waals surface area contributed by atoms with Gasteiger partial charge < -0.3 is 14.9 Å². The first-order valence-corrected chi connectivity index (χ1v) is 5.67. The van der Waals surface area contributed by atoms with E-state index < -0.39 is 5.97 Å². The smallest absolute Gasteiger partial charge is 0.331 e. The van der Waals surface area contributed by atoms with Gasteiger partial charge in [0, 0.05) is 5.41 Å². The molecule has 108 valence electrons. The molecule has 0 aliphatic carbocycles. The van der Waals surface area contributed by atoms with Crippen molar-refractivity contribution in [2.75, 3.05) is 26.9 Å². The number of aliphatic hydroxyl groups excluding tert-OH is 1. The van der Waals surface area contributed by atoms with E-state index in [1.165, 1.54) is 13.4 Å². The molecule has 0 heterocycles. The number of carbonyl (C=O) groups is 1. The summed E-state index contributed by atoms with van der Waals surface area (Å²) in [6.45, 7) is 6.84. The van der Waals surface area contributed by atoms with Gasteiger partial charge in [-0.2, -0.15) is 0 Å². The van der Waals surface area contributed by atoms with E-state index in [0.717, 1.165) is 12.5 Å². The molecular weight excluding hydrogens is 240 g/mol. The van der Waals surface area contributed by atoms with Crippen molar-refractivity contribution in [1.82, 2.24) is 0 Å². The van der Waals surface area contributed by atoms with E-state index in [4.69, 9.17) is 14.9 Å². The summed E-state index contributed by atoms with van der Waals surface area (Å²) in [5, 5.41) is 16.7. The van der Waals surface area contributed by atoms with E-state index in [1.807, 2.05) is 20.8 Å². The largest absolute Gasteiger partial charge is 0.501 e. The Morgan fingerprint density at radius 3 is 2.39 bits per heavy atom. The van der Waals surface area contributed by atoms with Crippen molar-refractivity contribution in [2.45, 2.75) is 27.2 Å².